The van der Waals surface area contributed by atoms with Crippen molar-refractivity contribution < 1.29 is 9.84 Å². The first-order valence-electron chi connectivity index (χ1n) is 5.77. The van der Waals surface area contributed by atoms with Gasteiger partial charge in [-0.25, -0.2) is 0 Å². The molecule has 1 fully saturated rings. The van der Waals surface area contributed by atoms with Crippen molar-refractivity contribution in [3.63, 3.8) is 0 Å². The SMILES string of the molecule is CCC1OCCC1C(O)c1ccc(Cl)cc1. The summed E-state index contributed by atoms with van der Waals surface area (Å²) in [6, 6.07) is 7.41. The molecule has 1 aromatic rings. The van der Waals surface area contributed by atoms with E-state index in [4.69, 9.17) is 16.3 Å². The van der Waals surface area contributed by atoms with E-state index < -0.39 is 6.10 Å². The fraction of sp³-hybridized carbons (Fsp3) is 0.538. The second-order valence-electron chi connectivity index (χ2n) is 4.27. The van der Waals surface area contributed by atoms with Crippen LogP contribution >= 0.6 is 11.6 Å². The molecule has 1 N–H and O–H groups in total. The molecule has 0 saturated carbocycles. The highest BCUT2D eigenvalue weighted by atomic mass is 35.5. The van der Waals surface area contributed by atoms with Gasteiger partial charge in [0.05, 0.1) is 12.2 Å². The topological polar surface area (TPSA) is 29.5 Å². The van der Waals surface area contributed by atoms with Gasteiger partial charge in [0, 0.05) is 17.5 Å². The Balaban J connectivity index is 2.12. The normalized spacial score (nSPS) is 26.9. The first-order valence-corrected chi connectivity index (χ1v) is 6.15. The number of benzene rings is 1. The lowest BCUT2D eigenvalue weighted by atomic mass is 9.89. The van der Waals surface area contributed by atoms with Crippen LogP contribution in [-0.4, -0.2) is 17.8 Å². The highest BCUT2D eigenvalue weighted by Gasteiger charge is 2.33. The monoisotopic (exact) mass is 240 g/mol. The maximum atomic E-state index is 10.3. The van der Waals surface area contributed by atoms with Gasteiger partial charge in [-0.3, -0.25) is 0 Å². The van der Waals surface area contributed by atoms with E-state index >= 15 is 0 Å². The van der Waals surface area contributed by atoms with Gasteiger partial charge < -0.3 is 9.84 Å². The zero-order valence-electron chi connectivity index (χ0n) is 9.40. The van der Waals surface area contributed by atoms with E-state index in [0.717, 1.165) is 25.0 Å². The van der Waals surface area contributed by atoms with Gasteiger partial charge >= 0.3 is 0 Å². The van der Waals surface area contributed by atoms with E-state index in [-0.39, 0.29) is 12.0 Å². The number of hydrogen-bond donors (Lipinski definition) is 1. The van der Waals surface area contributed by atoms with Crippen molar-refractivity contribution in [1.82, 2.24) is 0 Å². The Morgan fingerprint density at radius 1 is 1.44 bits per heavy atom. The summed E-state index contributed by atoms with van der Waals surface area (Å²) in [7, 11) is 0. The number of hydrogen-bond acceptors (Lipinski definition) is 2. The quantitative estimate of drug-likeness (QED) is 0.879. The molecule has 0 aliphatic carbocycles. The third-order valence-electron chi connectivity index (χ3n) is 3.28. The maximum absolute atomic E-state index is 10.3. The molecule has 88 valence electrons. The molecule has 3 atom stereocenters. The third-order valence-corrected chi connectivity index (χ3v) is 3.53. The van der Waals surface area contributed by atoms with Gasteiger partial charge in [-0.05, 0) is 30.5 Å². The summed E-state index contributed by atoms with van der Waals surface area (Å²) in [6.07, 6.45) is 1.63. The minimum Gasteiger partial charge on any atom is -0.388 e. The summed E-state index contributed by atoms with van der Waals surface area (Å²) in [6.45, 7) is 2.85. The summed E-state index contributed by atoms with van der Waals surface area (Å²) < 4.78 is 5.60. The van der Waals surface area contributed by atoms with E-state index in [1.165, 1.54) is 0 Å². The summed E-state index contributed by atoms with van der Waals surface area (Å²) in [5, 5.41) is 11.0. The highest BCUT2D eigenvalue weighted by molar-refractivity contribution is 6.30. The average Bonchev–Trinajstić information content (AvgIpc) is 2.77. The molecular weight excluding hydrogens is 224 g/mol. The molecule has 3 unspecified atom stereocenters. The van der Waals surface area contributed by atoms with Crippen LogP contribution in [0.25, 0.3) is 0 Å². The maximum Gasteiger partial charge on any atom is 0.0843 e. The Morgan fingerprint density at radius 2 is 2.12 bits per heavy atom. The predicted molar refractivity (Wildman–Crippen MR) is 64.5 cm³/mol. The zero-order valence-corrected chi connectivity index (χ0v) is 10.2. The summed E-state index contributed by atoms with van der Waals surface area (Å²) in [5.41, 5.74) is 0.929. The molecule has 1 aliphatic heterocycles. The Hall–Kier alpha value is -0.570. The van der Waals surface area contributed by atoms with Crippen molar-refractivity contribution in [2.75, 3.05) is 6.61 Å². The molecular formula is C13H17ClO2. The van der Waals surface area contributed by atoms with Crippen LogP contribution in [0.5, 0.6) is 0 Å². The molecule has 1 aliphatic rings. The number of halogens is 1. The Kier molecular flexibility index (Phi) is 3.85. The van der Waals surface area contributed by atoms with Gasteiger partial charge in [0.1, 0.15) is 0 Å². The lowest BCUT2D eigenvalue weighted by Gasteiger charge is -2.23. The number of rotatable bonds is 3. The van der Waals surface area contributed by atoms with E-state index in [1.54, 1.807) is 0 Å². The molecule has 0 bridgehead atoms. The van der Waals surface area contributed by atoms with Crippen LogP contribution < -0.4 is 0 Å². The van der Waals surface area contributed by atoms with Gasteiger partial charge in [0.15, 0.2) is 0 Å². The van der Waals surface area contributed by atoms with Crippen molar-refractivity contribution in [3.05, 3.63) is 34.9 Å². The molecule has 1 heterocycles. The molecule has 1 aromatic carbocycles. The third kappa shape index (κ3) is 2.40. The minimum atomic E-state index is -0.440. The molecule has 1 saturated heterocycles. The molecule has 2 rings (SSSR count). The minimum absolute atomic E-state index is 0.186. The summed E-state index contributed by atoms with van der Waals surface area (Å²) >= 11 is 5.83. The molecule has 0 radical (unpaired) electrons. The summed E-state index contributed by atoms with van der Waals surface area (Å²) in [4.78, 5) is 0. The fourth-order valence-corrected chi connectivity index (χ4v) is 2.48. The first kappa shape index (κ1) is 11.9. The summed E-state index contributed by atoms with van der Waals surface area (Å²) in [5.74, 6) is 0.214. The van der Waals surface area contributed by atoms with Crippen molar-refractivity contribution in [3.8, 4) is 0 Å². The van der Waals surface area contributed by atoms with Crippen LogP contribution in [0.15, 0.2) is 24.3 Å². The number of aliphatic hydroxyl groups excluding tert-OH is 1. The van der Waals surface area contributed by atoms with Gasteiger partial charge in [0.2, 0.25) is 0 Å². The van der Waals surface area contributed by atoms with Crippen LogP contribution in [0, 0.1) is 5.92 Å². The van der Waals surface area contributed by atoms with E-state index in [2.05, 4.69) is 6.92 Å². The van der Waals surface area contributed by atoms with Crippen LogP contribution in [0.3, 0.4) is 0 Å². The van der Waals surface area contributed by atoms with Crippen molar-refractivity contribution in [2.24, 2.45) is 5.92 Å². The molecule has 0 amide bonds. The van der Waals surface area contributed by atoms with Crippen molar-refractivity contribution >= 4 is 11.6 Å². The lowest BCUT2D eigenvalue weighted by Crippen LogP contribution is -2.21. The Morgan fingerprint density at radius 3 is 2.75 bits per heavy atom. The molecule has 3 heteroatoms. The second-order valence-corrected chi connectivity index (χ2v) is 4.70. The molecule has 16 heavy (non-hydrogen) atoms. The second kappa shape index (κ2) is 5.17. The fourth-order valence-electron chi connectivity index (χ4n) is 2.35. The van der Waals surface area contributed by atoms with Gasteiger partial charge in [-0.2, -0.15) is 0 Å². The molecule has 2 nitrogen and oxygen atoms in total. The van der Waals surface area contributed by atoms with Gasteiger partial charge in [0.25, 0.3) is 0 Å². The molecule has 0 aromatic heterocycles. The predicted octanol–water partition coefficient (Wildman–Crippen LogP) is 3.19. The molecule has 0 spiro atoms. The van der Waals surface area contributed by atoms with Crippen LogP contribution in [0.4, 0.5) is 0 Å². The number of ether oxygens (including phenoxy) is 1. The Bertz CT molecular complexity index is 336. The van der Waals surface area contributed by atoms with Gasteiger partial charge in [-0.1, -0.05) is 30.7 Å². The van der Waals surface area contributed by atoms with E-state index in [1.807, 2.05) is 24.3 Å². The van der Waals surface area contributed by atoms with Crippen molar-refractivity contribution in [2.45, 2.75) is 32.0 Å². The highest BCUT2D eigenvalue weighted by Crippen LogP contribution is 2.34. The largest absolute Gasteiger partial charge is 0.388 e. The first-order chi connectivity index (χ1) is 7.72. The standard InChI is InChI=1S/C13H17ClO2/c1-2-12-11(7-8-16-12)13(15)9-3-5-10(14)6-4-9/h3-6,11-13,15H,2,7-8H2,1H3. The van der Waals surface area contributed by atoms with Crippen molar-refractivity contribution in [1.29, 1.82) is 0 Å². The Labute approximate surface area is 101 Å². The smallest absolute Gasteiger partial charge is 0.0843 e. The van der Waals surface area contributed by atoms with Crippen LogP contribution in [0.2, 0.25) is 5.02 Å². The lowest BCUT2D eigenvalue weighted by molar-refractivity contribution is 0.0307. The van der Waals surface area contributed by atoms with Gasteiger partial charge in [-0.15, -0.1) is 0 Å². The average molecular weight is 241 g/mol. The number of aliphatic hydroxyl groups is 1. The van der Waals surface area contributed by atoms with E-state index in [9.17, 15) is 5.11 Å². The van der Waals surface area contributed by atoms with E-state index in [0.29, 0.717) is 5.02 Å². The van der Waals surface area contributed by atoms with Crippen LogP contribution in [0.1, 0.15) is 31.4 Å². The van der Waals surface area contributed by atoms with Crippen LogP contribution in [-0.2, 0) is 4.74 Å². The zero-order chi connectivity index (χ0) is 11.5.